The molecule has 0 saturated carbocycles. The van der Waals surface area contributed by atoms with Crippen molar-refractivity contribution < 1.29 is 4.79 Å². The van der Waals surface area contributed by atoms with Crippen molar-refractivity contribution in [2.24, 2.45) is 5.73 Å². The summed E-state index contributed by atoms with van der Waals surface area (Å²) in [6.07, 6.45) is 0.774. The van der Waals surface area contributed by atoms with Gasteiger partial charge in [-0.1, -0.05) is 34.8 Å². The van der Waals surface area contributed by atoms with Crippen molar-refractivity contribution in [3.05, 3.63) is 47.0 Å². The summed E-state index contributed by atoms with van der Waals surface area (Å²) >= 11 is 1.18. The van der Waals surface area contributed by atoms with Gasteiger partial charge in [0.25, 0.3) is 5.91 Å². The van der Waals surface area contributed by atoms with Crippen LogP contribution in [0.1, 0.15) is 22.5 Å². The summed E-state index contributed by atoms with van der Waals surface area (Å²) < 4.78 is 3.73. The molecule has 2 N–H and O–H groups in total. The number of carbonyl (C=O) groups is 1. The van der Waals surface area contributed by atoms with E-state index in [1.54, 1.807) is 10.3 Å². The number of benzene rings is 1. The van der Waals surface area contributed by atoms with Gasteiger partial charge in [0.15, 0.2) is 5.69 Å². The van der Waals surface area contributed by atoms with E-state index < -0.39 is 0 Å². The summed E-state index contributed by atoms with van der Waals surface area (Å²) in [7, 11) is 0. The third-order valence-corrected chi connectivity index (χ3v) is 3.22. The average molecular weight is 276 g/mol. The number of nitrogens with zero attached hydrogens (tertiary/aromatic N) is 3. The first-order chi connectivity index (χ1) is 9.31. The van der Waals surface area contributed by atoms with Gasteiger partial charge in [0.1, 0.15) is 0 Å². The molecule has 5 nitrogen and oxygen atoms in total. The Labute approximate surface area is 116 Å². The van der Waals surface area contributed by atoms with E-state index in [9.17, 15) is 4.79 Å². The van der Waals surface area contributed by atoms with E-state index in [0.717, 1.165) is 12.0 Å². The molecule has 0 fully saturated rings. The Bertz CT molecular complexity index is 501. The highest BCUT2D eigenvalue weighted by atomic mass is 32.1. The first-order valence-corrected chi connectivity index (χ1v) is 6.95. The molecule has 1 aromatic heterocycles. The topological polar surface area (TPSA) is 72.1 Å². The highest BCUT2D eigenvalue weighted by molar-refractivity contribution is 7.03. The van der Waals surface area contributed by atoms with Crippen LogP contribution in [0.3, 0.4) is 0 Å². The van der Waals surface area contributed by atoms with E-state index in [1.807, 2.05) is 30.3 Å². The fraction of sp³-hybridized carbons (Fsp3) is 0.308. The second-order valence-corrected chi connectivity index (χ2v) is 4.75. The molecule has 0 unspecified atom stereocenters. The summed E-state index contributed by atoms with van der Waals surface area (Å²) in [4.78, 5) is 14.1. The van der Waals surface area contributed by atoms with Crippen LogP contribution < -0.4 is 5.73 Å². The van der Waals surface area contributed by atoms with Gasteiger partial charge < -0.3 is 10.6 Å². The molecule has 1 amide bonds. The summed E-state index contributed by atoms with van der Waals surface area (Å²) in [5.74, 6) is -0.0916. The zero-order valence-electron chi connectivity index (χ0n) is 10.5. The maximum absolute atomic E-state index is 12.3. The minimum Gasteiger partial charge on any atom is -0.333 e. The third kappa shape index (κ3) is 3.84. The molecule has 0 aliphatic heterocycles. The molecule has 1 heterocycles. The van der Waals surface area contributed by atoms with E-state index >= 15 is 0 Å². The van der Waals surface area contributed by atoms with Crippen molar-refractivity contribution in [1.29, 1.82) is 0 Å². The number of amides is 1. The van der Waals surface area contributed by atoms with Crippen LogP contribution in [0.4, 0.5) is 0 Å². The van der Waals surface area contributed by atoms with Crippen molar-refractivity contribution in [3.8, 4) is 0 Å². The van der Waals surface area contributed by atoms with E-state index in [-0.39, 0.29) is 5.91 Å². The van der Waals surface area contributed by atoms with Gasteiger partial charge in [0, 0.05) is 18.5 Å². The maximum atomic E-state index is 12.3. The monoisotopic (exact) mass is 276 g/mol. The van der Waals surface area contributed by atoms with Gasteiger partial charge in [-0.3, -0.25) is 4.79 Å². The highest BCUT2D eigenvalue weighted by Gasteiger charge is 2.17. The van der Waals surface area contributed by atoms with Crippen LogP contribution in [-0.4, -0.2) is 33.5 Å². The molecule has 100 valence electrons. The predicted molar refractivity (Wildman–Crippen MR) is 74.8 cm³/mol. The maximum Gasteiger partial charge on any atom is 0.275 e. The molecule has 0 aliphatic carbocycles. The van der Waals surface area contributed by atoms with Crippen molar-refractivity contribution in [3.63, 3.8) is 0 Å². The number of carbonyl (C=O) groups excluding carboxylic acids is 1. The zero-order valence-corrected chi connectivity index (χ0v) is 11.3. The molecule has 6 heteroatoms. The first kappa shape index (κ1) is 13.6. The number of hydrogen-bond acceptors (Lipinski definition) is 5. The van der Waals surface area contributed by atoms with Crippen LogP contribution in [0.2, 0.25) is 0 Å². The summed E-state index contributed by atoms with van der Waals surface area (Å²) in [6.45, 7) is 1.76. The van der Waals surface area contributed by atoms with Gasteiger partial charge in [-0.15, -0.1) is 5.10 Å². The molecular formula is C13H16N4OS. The van der Waals surface area contributed by atoms with E-state index in [4.69, 9.17) is 5.73 Å². The van der Waals surface area contributed by atoms with Gasteiger partial charge in [-0.2, -0.15) is 0 Å². The summed E-state index contributed by atoms with van der Waals surface area (Å²) in [5.41, 5.74) is 7.02. The van der Waals surface area contributed by atoms with Crippen molar-refractivity contribution >= 4 is 17.4 Å². The lowest BCUT2D eigenvalue weighted by Gasteiger charge is -2.21. The Kier molecular flexibility index (Phi) is 5.00. The smallest absolute Gasteiger partial charge is 0.275 e. The van der Waals surface area contributed by atoms with Crippen LogP contribution in [0.25, 0.3) is 0 Å². The lowest BCUT2D eigenvalue weighted by atomic mass is 10.2. The normalized spacial score (nSPS) is 10.4. The zero-order chi connectivity index (χ0) is 13.5. The van der Waals surface area contributed by atoms with Gasteiger partial charge in [-0.25, -0.2) is 0 Å². The molecule has 0 saturated heterocycles. The third-order valence-electron chi connectivity index (χ3n) is 2.71. The molecule has 19 heavy (non-hydrogen) atoms. The number of aromatic nitrogens is 2. The van der Waals surface area contributed by atoms with E-state index in [1.165, 1.54) is 11.5 Å². The molecule has 0 atom stereocenters. The van der Waals surface area contributed by atoms with Crippen molar-refractivity contribution in [2.45, 2.75) is 13.0 Å². The summed E-state index contributed by atoms with van der Waals surface area (Å²) in [6, 6.07) is 9.89. The predicted octanol–water partition coefficient (Wildman–Crippen LogP) is 1.53. The molecule has 0 aliphatic rings. The fourth-order valence-electron chi connectivity index (χ4n) is 1.76. The number of hydrogen-bond donors (Lipinski definition) is 1. The van der Waals surface area contributed by atoms with Gasteiger partial charge in [0.2, 0.25) is 0 Å². The van der Waals surface area contributed by atoms with E-state index in [2.05, 4.69) is 9.59 Å². The largest absolute Gasteiger partial charge is 0.333 e. The second kappa shape index (κ2) is 6.96. The number of nitrogens with two attached hydrogens (primary N) is 1. The second-order valence-electron chi connectivity index (χ2n) is 4.14. The average Bonchev–Trinajstić information content (AvgIpc) is 2.98. The summed E-state index contributed by atoms with van der Waals surface area (Å²) in [5, 5.41) is 5.50. The molecule has 2 aromatic rings. The van der Waals surface area contributed by atoms with Gasteiger partial charge >= 0.3 is 0 Å². The minimum atomic E-state index is -0.0916. The molecule has 0 radical (unpaired) electrons. The SMILES string of the molecule is NCCCN(Cc1ccccc1)C(=O)c1csnn1. The van der Waals surface area contributed by atoms with Crippen molar-refractivity contribution in [2.75, 3.05) is 13.1 Å². The Morgan fingerprint density at radius 2 is 2.11 bits per heavy atom. The molecule has 2 rings (SSSR count). The van der Waals surface area contributed by atoms with Crippen LogP contribution in [0.15, 0.2) is 35.7 Å². The Balaban J connectivity index is 2.09. The lowest BCUT2D eigenvalue weighted by Crippen LogP contribution is -2.32. The Morgan fingerprint density at radius 1 is 1.32 bits per heavy atom. The van der Waals surface area contributed by atoms with Crippen LogP contribution in [0, 0.1) is 0 Å². The Morgan fingerprint density at radius 3 is 2.74 bits per heavy atom. The van der Waals surface area contributed by atoms with Crippen LogP contribution >= 0.6 is 11.5 Å². The van der Waals surface area contributed by atoms with E-state index in [0.29, 0.717) is 25.3 Å². The first-order valence-electron chi connectivity index (χ1n) is 6.11. The fourth-order valence-corrected chi connectivity index (χ4v) is 2.19. The Hall–Kier alpha value is -1.79. The molecule has 0 spiro atoms. The standard InChI is InChI=1S/C13H16N4OS/c14-7-4-8-17(9-11-5-2-1-3-6-11)13(18)12-10-19-16-15-12/h1-3,5-6,10H,4,7-9,14H2. The molecular weight excluding hydrogens is 260 g/mol. The minimum absolute atomic E-state index is 0.0916. The van der Waals surface area contributed by atoms with Crippen LogP contribution in [-0.2, 0) is 6.54 Å². The molecule has 1 aromatic carbocycles. The lowest BCUT2D eigenvalue weighted by molar-refractivity contribution is 0.0736. The van der Waals surface area contributed by atoms with Crippen LogP contribution in [0.5, 0.6) is 0 Å². The number of rotatable bonds is 6. The van der Waals surface area contributed by atoms with Crippen molar-refractivity contribution in [1.82, 2.24) is 14.5 Å². The quantitative estimate of drug-likeness (QED) is 0.868. The molecule has 0 bridgehead atoms. The van der Waals surface area contributed by atoms with Gasteiger partial charge in [0.05, 0.1) is 0 Å². The highest BCUT2D eigenvalue weighted by Crippen LogP contribution is 2.10. The van der Waals surface area contributed by atoms with Gasteiger partial charge in [-0.05, 0) is 30.1 Å².